The number of nitrogens with zero attached hydrogens (tertiary/aromatic N) is 1. The van der Waals surface area contributed by atoms with E-state index in [1.54, 1.807) is 32.4 Å². The quantitative estimate of drug-likeness (QED) is 0.690. The molecule has 27 heavy (non-hydrogen) atoms. The minimum atomic E-state index is -0.113. The number of hydrogen-bond donors (Lipinski definition) is 0. The van der Waals surface area contributed by atoms with Gasteiger partial charge in [0.05, 0.1) is 25.3 Å². The molecule has 1 saturated heterocycles. The topological polar surface area (TPSA) is 48.0 Å². The van der Waals surface area contributed by atoms with Gasteiger partial charge in [0.1, 0.15) is 17.2 Å². The maximum absolute atomic E-state index is 12.8. The van der Waals surface area contributed by atoms with Gasteiger partial charge in [-0.15, -0.1) is 0 Å². The molecule has 0 unspecified atom stereocenters. The zero-order chi connectivity index (χ0) is 19.4. The Labute approximate surface area is 168 Å². The lowest BCUT2D eigenvalue weighted by Crippen LogP contribution is -2.34. The van der Waals surface area contributed by atoms with Crippen LogP contribution in [0.25, 0.3) is 0 Å². The molecule has 3 rings (SSSR count). The highest BCUT2D eigenvalue weighted by Gasteiger charge is 2.32. The second-order valence-corrected chi connectivity index (χ2v) is 7.06. The summed E-state index contributed by atoms with van der Waals surface area (Å²) in [4.78, 5) is 14.6. The van der Waals surface area contributed by atoms with Crippen molar-refractivity contribution in [2.45, 2.75) is 18.9 Å². The van der Waals surface area contributed by atoms with Gasteiger partial charge in [-0.05, 0) is 43.2 Å². The van der Waals surface area contributed by atoms with Crippen LogP contribution in [0.3, 0.4) is 0 Å². The number of ether oxygens (including phenoxy) is 3. The highest BCUT2D eigenvalue weighted by atomic mass is 35.5. The van der Waals surface area contributed by atoms with Crippen molar-refractivity contribution in [1.82, 2.24) is 4.90 Å². The first kappa shape index (κ1) is 19.6. The van der Waals surface area contributed by atoms with Crippen molar-refractivity contribution in [1.29, 1.82) is 0 Å². The molecule has 0 spiro atoms. The summed E-state index contributed by atoms with van der Waals surface area (Å²) in [5.41, 5.74) is 0.934. The highest BCUT2D eigenvalue weighted by Crippen LogP contribution is 2.39. The standard InChI is InChI=1S/C20H21Cl2NO4/c1-25-14-6-8-18(26-2)15(11-14)17-4-3-9-23(17)20(24)12-27-19-10-13(21)5-7-16(19)22/h5-8,10-11,17H,3-4,9,12H2,1-2H3/t17-/m1/s1. The van der Waals surface area contributed by atoms with E-state index in [2.05, 4.69) is 0 Å². The smallest absolute Gasteiger partial charge is 0.261 e. The van der Waals surface area contributed by atoms with Crippen LogP contribution in [-0.4, -0.2) is 38.2 Å². The number of likely N-dealkylation sites (tertiary alicyclic amines) is 1. The molecule has 2 aromatic rings. The Morgan fingerprint density at radius 1 is 1.11 bits per heavy atom. The zero-order valence-electron chi connectivity index (χ0n) is 15.2. The molecule has 1 fully saturated rings. The van der Waals surface area contributed by atoms with Gasteiger partial charge in [0.15, 0.2) is 6.61 Å². The average molecular weight is 410 g/mol. The molecule has 2 aromatic carbocycles. The third-order valence-electron chi connectivity index (χ3n) is 4.61. The third kappa shape index (κ3) is 4.42. The molecule has 0 bridgehead atoms. The number of carbonyl (C=O) groups is 1. The van der Waals surface area contributed by atoms with Crippen LogP contribution in [0.2, 0.25) is 10.0 Å². The van der Waals surface area contributed by atoms with Crippen LogP contribution in [0.4, 0.5) is 0 Å². The summed E-state index contributed by atoms with van der Waals surface area (Å²) < 4.78 is 16.4. The average Bonchev–Trinajstić information content (AvgIpc) is 3.17. The van der Waals surface area contributed by atoms with Crippen molar-refractivity contribution in [2.75, 3.05) is 27.4 Å². The minimum Gasteiger partial charge on any atom is -0.497 e. The van der Waals surface area contributed by atoms with Gasteiger partial charge in [0.2, 0.25) is 0 Å². The molecular formula is C20H21Cl2NO4. The monoisotopic (exact) mass is 409 g/mol. The third-order valence-corrected chi connectivity index (χ3v) is 5.16. The van der Waals surface area contributed by atoms with E-state index in [0.717, 1.165) is 29.9 Å². The molecule has 1 aliphatic rings. The van der Waals surface area contributed by atoms with E-state index < -0.39 is 0 Å². The van der Waals surface area contributed by atoms with Crippen molar-refractivity contribution in [3.05, 3.63) is 52.0 Å². The largest absolute Gasteiger partial charge is 0.497 e. The van der Waals surface area contributed by atoms with Crippen molar-refractivity contribution in [3.8, 4) is 17.2 Å². The maximum atomic E-state index is 12.8. The summed E-state index contributed by atoms with van der Waals surface area (Å²) in [6, 6.07) is 10.5. The first-order chi connectivity index (χ1) is 13.0. The number of benzene rings is 2. The number of halogens is 2. The van der Waals surface area contributed by atoms with Gasteiger partial charge in [-0.3, -0.25) is 4.79 Å². The second kappa shape index (κ2) is 8.72. The summed E-state index contributed by atoms with van der Waals surface area (Å²) in [6.45, 7) is 0.555. The Bertz CT molecular complexity index is 828. The van der Waals surface area contributed by atoms with Crippen molar-refractivity contribution < 1.29 is 19.0 Å². The van der Waals surface area contributed by atoms with E-state index in [9.17, 15) is 4.79 Å². The SMILES string of the molecule is COc1ccc(OC)c([C@H]2CCCN2C(=O)COc2cc(Cl)ccc2Cl)c1. The Kier molecular flexibility index (Phi) is 6.34. The van der Waals surface area contributed by atoms with Crippen molar-refractivity contribution in [2.24, 2.45) is 0 Å². The summed E-state index contributed by atoms with van der Waals surface area (Å²) in [6.07, 6.45) is 1.77. The Balaban J connectivity index is 1.76. The summed E-state index contributed by atoms with van der Waals surface area (Å²) >= 11 is 12.1. The molecule has 1 heterocycles. The molecule has 1 atom stereocenters. The molecule has 144 valence electrons. The van der Waals surface area contributed by atoms with Crippen LogP contribution < -0.4 is 14.2 Å². The van der Waals surface area contributed by atoms with E-state index in [0.29, 0.717) is 22.3 Å². The van der Waals surface area contributed by atoms with Gasteiger partial charge >= 0.3 is 0 Å². The minimum absolute atomic E-state index is 0.0824. The maximum Gasteiger partial charge on any atom is 0.261 e. The first-order valence-electron chi connectivity index (χ1n) is 8.62. The highest BCUT2D eigenvalue weighted by molar-refractivity contribution is 6.34. The molecule has 0 aliphatic carbocycles. The lowest BCUT2D eigenvalue weighted by molar-refractivity contribution is -0.134. The fourth-order valence-corrected chi connectivity index (χ4v) is 3.63. The van der Waals surface area contributed by atoms with Crippen LogP contribution in [0.1, 0.15) is 24.4 Å². The predicted octanol–water partition coefficient (Wildman–Crippen LogP) is 4.75. The molecule has 0 N–H and O–H groups in total. The van der Waals surface area contributed by atoms with Crippen molar-refractivity contribution >= 4 is 29.1 Å². The number of methoxy groups -OCH3 is 2. The van der Waals surface area contributed by atoms with E-state index >= 15 is 0 Å². The Morgan fingerprint density at radius 2 is 1.93 bits per heavy atom. The van der Waals surface area contributed by atoms with Gasteiger partial charge < -0.3 is 19.1 Å². The molecule has 5 nitrogen and oxygen atoms in total. The number of carbonyl (C=O) groups excluding carboxylic acids is 1. The van der Waals surface area contributed by atoms with Gasteiger partial charge in [-0.25, -0.2) is 0 Å². The Hall–Kier alpha value is -2.11. The fraction of sp³-hybridized carbons (Fsp3) is 0.350. The number of amides is 1. The van der Waals surface area contributed by atoms with Crippen LogP contribution in [0.5, 0.6) is 17.2 Å². The van der Waals surface area contributed by atoms with E-state index in [1.807, 2.05) is 23.1 Å². The number of rotatable bonds is 6. The molecule has 0 aromatic heterocycles. The van der Waals surface area contributed by atoms with E-state index in [4.69, 9.17) is 37.4 Å². The molecular weight excluding hydrogens is 389 g/mol. The van der Waals surface area contributed by atoms with Gasteiger partial charge in [-0.2, -0.15) is 0 Å². The van der Waals surface area contributed by atoms with Crippen LogP contribution in [0, 0.1) is 0 Å². The van der Waals surface area contributed by atoms with Gasteiger partial charge in [0, 0.05) is 23.2 Å². The summed E-state index contributed by atoms with van der Waals surface area (Å²) in [5, 5.41) is 0.918. The van der Waals surface area contributed by atoms with Crippen LogP contribution in [-0.2, 0) is 4.79 Å². The zero-order valence-corrected chi connectivity index (χ0v) is 16.7. The summed E-state index contributed by atoms with van der Waals surface area (Å²) in [7, 11) is 3.24. The summed E-state index contributed by atoms with van der Waals surface area (Å²) in [5.74, 6) is 1.75. The van der Waals surface area contributed by atoms with Crippen LogP contribution >= 0.6 is 23.2 Å². The molecule has 1 amide bonds. The molecule has 1 aliphatic heterocycles. The molecule has 7 heteroatoms. The first-order valence-corrected chi connectivity index (χ1v) is 9.38. The fourth-order valence-electron chi connectivity index (χ4n) is 3.30. The normalized spacial score (nSPS) is 16.3. The van der Waals surface area contributed by atoms with E-state index in [1.165, 1.54) is 0 Å². The van der Waals surface area contributed by atoms with E-state index in [-0.39, 0.29) is 18.6 Å². The lowest BCUT2D eigenvalue weighted by Gasteiger charge is -2.26. The molecule has 0 saturated carbocycles. The van der Waals surface area contributed by atoms with Gasteiger partial charge in [-0.1, -0.05) is 23.2 Å². The lowest BCUT2D eigenvalue weighted by atomic mass is 10.0. The predicted molar refractivity (Wildman–Crippen MR) is 105 cm³/mol. The molecule has 0 radical (unpaired) electrons. The second-order valence-electron chi connectivity index (χ2n) is 6.22. The van der Waals surface area contributed by atoms with Crippen molar-refractivity contribution in [3.63, 3.8) is 0 Å². The Morgan fingerprint density at radius 3 is 2.67 bits per heavy atom. The van der Waals surface area contributed by atoms with Gasteiger partial charge in [0.25, 0.3) is 5.91 Å². The number of hydrogen-bond acceptors (Lipinski definition) is 4. The van der Waals surface area contributed by atoms with Crippen LogP contribution in [0.15, 0.2) is 36.4 Å².